The molecule has 0 radical (unpaired) electrons. The van der Waals surface area contributed by atoms with Crippen LogP contribution in [-0.2, 0) is 4.74 Å². The van der Waals surface area contributed by atoms with Crippen LogP contribution >= 0.6 is 11.3 Å². The van der Waals surface area contributed by atoms with Gasteiger partial charge in [0.05, 0.1) is 0 Å². The first-order chi connectivity index (χ1) is 10.2. The summed E-state index contributed by atoms with van der Waals surface area (Å²) in [6, 6.07) is -0.835. The fourth-order valence-corrected chi connectivity index (χ4v) is 2.59. The first-order valence-corrected chi connectivity index (χ1v) is 7.31. The highest BCUT2D eigenvalue weighted by molar-refractivity contribution is 7.10. The number of aromatic nitrogens is 1. The van der Waals surface area contributed by atoms with Gasteiger partial charge < -0.3 is 9.84 Å². The molecule has 0 spiro atoms. The van der Waals surface area contributed by atoms with Crippen LogP contribution in [0.25, 0.3) is 0 Å². The van der Waals surface area contributed by atoms with Gasteiger partial charge in [0.1, 0.15) is 22.5 Å². The summed E-state index contributed by atoms with van der Waals surface area (Å²) in [6.07, 6.45) is 2.92. The summed E-state index contributed by atoms with van der Waals surface area (Å²) >= 11 is 1.04. The Morgan fingerprint density at radius 1 is 1.45 bits per heavy atom. The minimum atomic E-state index is -1.18. The molecule has 118 valence electrons. The fourth-order valence-electron chi connectivity index (χ4n) is 1.73. The van der Waals surface area contributed by atoms with Crippen LogP contribution in [-0.4, -0.2) is 32.7 Å². The van der Waals surface area contributed by atoms with Gasteiger partial charge in [0.15, 0.2) is 5.69 Å². The molecular weight excluding hydrogens is 311 g/mol. The molecule has 0 aromatic carbocycles. The van der Waals surface area contributed by atoms with E-state index in [2.05, 4.69) is 4.98 Å². The number of nitrogens with zero attached hydrogens (tertiary/aromatic N) is 2. The van der Waals surface area contributed by atoms with E-state index in [1.807, 2.05) is 0 Å². The first kappa shape index (κ1) is 16.2. The molecule has 1 aromatic heterocycles. The smallest absolute Gasteiger partial charge is 0.415 e. The number of rotatable bonds is 2. The number of carboxylic acid groups (broad SMARTS) is 1. The number of amides is 1. The molecule has 1 aliphatic heterocycles. The van der Waals surface area contributed by atoms with Crippen LogP contribution in [0.15, 0.2) is 29.6 Å². The summed E-state index contributed by atoms with van der Waals surface area (Å²) in [5.41, 5.74) is -0.850. The molecule has 0 saturated carbocycles. The molecule has 0 aliphatic carbocycles. The number of allylic oxidation sites excluding steroid dienone is 2. The second-order valence-electron chi connectivity index (χ2n) is 5.58. The molecule has 2 heterocycles. The summed E-state index contributed by atoms with van der Waals surface area (Å²) < 4.78 is 18.8. The van der Waals surface area contributed by atoms with E-state index in [4.69, 9.17) is 9.84 Å². The number of carbonyl (C=O) groups excluding carboxylic acids is 1. The van der Waals surface area contributed by atoms with Crippen molar-refractivity contribution in [3.8, 4) is 0 Å². The van der Waals surface area contributed by atoms with Crippen LogP contribution < -0.4 is 0 Å². The minimum absolute atomic E-state index is 0.146. The van der Waals surface area contributed by atoms with Gasteiger partial charge in [0.2, 0.25) is 0 Å². The molecule has 8 heteroatoms. The predicted molar refractivity (Wildman–Crippen MR) is 78.2 cm³/mol. The number of carboxylic acids is 1. The lowest BCUT2D eigenvalue weighted by Crippen LogP contribution is -2.36. The maximum atomic E-state index is 13.5. The molecule has 1 atom stereocenters. The Morgan fingerprint density at radius 2 is 2.14 bits per heavy atom. The maximum absolute atomic E-state index is 13.5. The SMILES string of the molecule is CC(C)(C)OC(=O)N1C=CC(F)=C[C@H]1c1nc(C(=O)O)cs1. The highest BCUT2D eigenvalue weighted by atomic mass is 32.1. The van der Waals surface area contributed by atoms with Gasteiger partial charge in [-0.05, 0) is 32.9 Å². The van der Waals surface area contributed by atoms with E-state index < -0.39 is 29.5 Å². The number of hydrogen-bond acceptors (Lipinski definition) is 5. The van der Waals surface area contributed by atoms with Crippen LogP contribution in [0.5, 0.6) is 0 Å². The van der Waals surface area contributed by atoms with E-state index in [0.717, 1.165) is 17.4 Å². The monoisotopic (exact) mass is 326 g/mol. The number of carbonyl (C=O) groups is 2. The van der Waals surface area contributed by atoms with Gasteiger partial charge in [-0.1, -0.05) is 0 Å². The topological polar surface area (TPSA) is 79.7 Å². The molecule has 0 bridgehead atoms. The Morgan fingerprint density at radius 3 is 2.68 bits per heavy atom. The van der Waals surface area contributed by atoms with E-state index in [-0.39, 0.29) is 5.69 Å². The standard InChI is InChI=1S/C14H15FN2O4S/c1-14(2,3)21-13(20)17-5-4-8(15)6-10(17)11-16-9(7-22-11)12(18)19/h4-7,10H,1-3H3,(H,18,19)/t10-/m0/s1. The van der Waals surface area contributed by atoms with Gasteiger partial charge in [0, 0.05) is 11.6 Å². The molecule has 1 amide bonds. The van der Waals surface area contributed by atoms with Crippen LogP contribution in [0.4, 0.5) is 9.18 Å². The molecule has 6 nitrogen and oxygen atoms in total. The molecule has 1 N–H and O–H groups in total. The lowest BCUT2D eigenvalue weighted by atomic mass is 10.2. The summed E-state index contributed by atoms with van der Waals surface area (Å²) in [5.74, 6) is -1.71. The molecule has 2 rings (SSSR count). The average molecular weight is 326 g/mol. The lowest BCUT2D eigenvalue weighted by molar-refractivity contribution is 0.0291. The Hall–Kier alpha value is -2.22. The van der Waals surface area contributed by atoms with E-state index in [0.29, 0.717) is 5.01 Å². The van der Waals surface area contributed by atoms with Gasteiger partial charge in [-0.3, -0.25) is 4.90 Å². The van der Waals surface area contributed by atoms with Gasteiger partial charge in [-0.2, -0.15) is 0 Å². The minimum Gasteiger partial charge on any atom is -0.476 e. The van der Waals surface area contributed by atoms with Crippen molar-refractivity contribution in [2.75, 3.05) is 0 Å². The molecule has 0 saturated heterocycles. The highest BCUT2D eigenvalue weighted by Gasteiger charge is 2.31. The second-order valence-corrected chi connectivity index (χ2v) is 6.47. The van der Waals surface area contributed by atoms with Gasteiger partial charge in [-0.15, -0.1) is 11.3 Å². The molecule has 0 fully saturated rings. The Labute approximate surface area is 130 Å². The van der Waals surface area contributed by atoms with Gasteiger partial charge in [-0.25, -0.2) is 19.0 Å². The molecule has 1 aliphatic rings. The van der Waals surface area contributed by atoms with Crippen molar-refractivity contribution < 1.29 is 23.8 Å². The maximum Gasteiger partial charge on any atom is 0.415 e. The number of aromatic carboxylic acids is 1. The summed E-state index contributed by atoms with van der Waals surface area (Å²) in [7, 11) is 0. The van der Waals surface area contributed by atoms with Crippen LogP contribution in [0.1, 0.15) is 42.3 Å². The normalized spacial score (nSPS) is 18.1. The predicted octanol–water partition coefficient (Wildman–Crippen LogP) is 3.50. The van der Waals surface area contributed by atoms with Crippen molar-refractivity contribution in [3.05, 3.63) is 40.3 Å². The Balaban J connectivity index is 2.30. The lowest BCUT2D eigenvalue weighted by Gasteiger charge is -2.30. The summed E-state index contributed by atoms with van der Waals surface area (Å²) in [4.78, 5) is 28.2. The third kappa shape index (κ3) is 3.70. The van der Waals surface area contributed by atoms with Crippen molar-refractivity contribution in [1.82, 2.24) is 9.88 Å². The zero-order valence-corrected chi connectivity index (χ0v) is 13.1. The molecule has 1 aromatic rings. The van der Waals surface area contributed by atoms with Crippen molar-refractivity contribution in [2.45, 2.75) is 32.4 Å². The van der Waals surface area contributed by atoms with Crippen molar-refractivity contribution >= 4 is 23.4 Å². The largest absolute Gasteiger partial charge is 0.476 e. The van der Waals surface area contributed by atoms with Crippen molar-refractivity contribution in [1.29, 1.82) is 0 Å². The quantitative estimate of drug-likeness (QED) is 0.899. The number of hydrogen-bond donors (Lipinski definition) is 1. The van der Waals surface area contributed by atoms with E-state index in [1.165, 1.54) is 22.6 Å². The zero-order chi connectivity index (χ0) is 16.5. The molecule has 22 heavy (non-hydrogen) atoms. The third-order valence-corrected chi connectivity index (χ3v) is 3.52. The molecule has 0 unspecified atom stereocenters. The van der Waals surface area contributed by atoms with Crippen LogP contribution in [0.2, 0.25) is 0 Å². The zero-order valence-electron chi connectivity index (χ0n) is 12.2. The van der Waals surface area contributed by atoms with E-state index in [1.54, 1.807) is 20.8 Å². The second kappa shape index (κ2) is 5.88. The molecular formula is C14H15FN2O4S. The van der Waals surface area contributed by atoms with E-state index >= 15 is 0 Å². The Bertz CT molecular complexity index is 660. The van der Waals surface area contributed by atoms with Crippen molar-refractivity contribution in [3.63, 3.8) is 0 Å². The van der Waals surface area contributed by atoms with Crippen molar-refractivity contribution in [2.24, 2.45) is 0 Å². The van der Waals surface area contributed by atoms with Gasteiger partial charge >= 0.3 is 12.1 Å². The van der Waals surface area contributed by atoms with Gasteiger partial charge in [0.25, 0.3) is 0 Å². The van der Waals surface area contributed by atoms with E-state index in [9.17, 15) is 14.0 Å². The number of thiazole rings is 1. The average Bonchev–Trinajstić information content (AvgIpc) is 2.85. The highest BCUT2D eigenvalue weighted by Crippen LogP contribution is 2.31. The first-order valence-electron chi connectivity index (χ1n) is 6.43. The number of halogens is 1. The third-order valence-electron chi connectivity index (χ3n) is 2.61. The Kier molecular flexibility index (Phi) is 4.32. The van der Waals surface area contributed by atoms with Crippen LogP contribution in [0.3, 0.4) is 0 Å². The fraction of sp³-hybridized carbons (Fsp3) is 0.357. The number of ether oxygens (including phenoxy) is 1. The van der Waals surface area contributed by atoms with Crippen LogP contribution in [0, 0.1) is 0 Å². The summed E-state index contributed by atoms with van der Waals surface area (Å²) in [6.45, 7) is 5.15. The summed E-state index contributed by atoms with van der Waals surface area (Å²) in [5, 5.41) is 10.5.